The van der Waals surface area contributed by atoms with Crippen molar-refractivity contribution in [3.63, 3.8) is 0 Å². The lowest BCUT2D eigenvalue weighted by molar-refractivity contribution is -0.119. The van der Waals surface area contributed by atoms with Crippen LogP contribution in [0.15, 0.2) is 42.0 Å². The number of carbonyl (C=O) groups is 3. The van der Waals surface area contributed by atoms with Crippen molar-refractivity contribution in [2.24, 2.45) is 0 Å². The van der Waals surface area contributed by atoms with E-state index in [9.17, 15) is 14.4 Å². The first-order valence-corrected chi connectivity index (χ1v) is 8.32. The molecule has 2 heterocycles. The zero-order chi connectivity index (χ0) is 18.5. The number of aromatic nitrogens is 4. The fourth-order valence-corrected chi connectivity index (χ4v) is 2.96. The van der Waals surface area contributed by atoms with Gasteiger partial charge in [-0.25, -0.2) is 4.79 Å². The molecule has 0 unspecified atom stereocenters. The minimum absolute atomic E-state index is 0.178. The van der Waals surface area contributed by atoms with Gasteiger partial charge >= 0.3 is 5.97 Å². The number of Topliss-reactive ketones (excluding diaryl/α,β-unsaturated/α-hetero) is 1. The van der Waals surface area contributed by atoms with Gasteiger partial charge in [0.15, 0.2) is 12.4 Å². The van der Waals surface area contributed by atoms with Crippen LogP contribution < -0.4 is 5.32 Å². The van der Waals surface area contributed by atoms with Gasteiger partial charge in [0.1, 0.15) is 11.2 Å². The Bertz CT molecular complexity index is 951. The lowest BCUT2D eigenvalue weighted by Gasteiger charge is -2.09. The first-order valence-electron chi connectivity index (χ1n) is 7.44. The van der Waals surface area contributed by atoms with Crippen LogP contribution in [-0.4, -0.2) is 44.5 Å². The monoisotopic (exact) mass is 371 g/mol. The fourth-order valence-electron chi connectivity index (χ4n) is 2.19. The molecule has 2 aromatic heterocycles. The lowest BCUT2D eigenvalue weighted by Crippen LogP contribution is -2.22. The minimum atomic E-state index is -0.666. The molecule has 0 atom stereocenters. The van der Waals surface area contributed by atoms with Gasteiger partial charge in [-0.15, -0.1) is 16.4 Å². The number of anilines is 1. The van der Waals surface area contributed by atoms with Crippen LogP contribution in [-0.2, 0) is 9.53 Å². The van der Waals surface area contributed by atoms with E-state index in [-0.39, 0.29) is 10.7 Å². The Morgan fingerprint density at radius 1 is 1.23 bits per heavy atom. The van der Waals surface area contributed by atoms with E-state index in [0.29, 0.717) is 16.9 Å². The fraction of sp³-hybridized carbons (Fsp3) is 0.125. The van der Waals surface area contributed by atoms with Gasteiger partial charge in [-0.3, -0.25) is 9.59 Å². The standard InChI is InChI=1S/C16H13N5O4S/c1-10(22)11-4-2-3-5-12(11)18-14(23)8-25-16(24)15-13(6-7-26-15)21-9-17-19-20-21/h2-7,9H,8H2,1H3,(H,18,23). The molecule has 0 fully saturated rings. The molecule has 0 saturated carbocycles. The summed E-state index contributed by atoms with van der Waals surface area (Å²) < 4.78 is 6.38. The molecule has 1 amide bonds. The van der Waals surface area contributed by atoms with Gasteiger partial charge in [-0.1, -0.05) is 12.1 Å². The van der Waals surface area contributed by atoms with Crippen LogP contribution in [0, 0.1) is 0 Å². The van der Waals surface area contributed by atoms with Crippen LogP contribution in [0.3, 0.4) is 0 Å². The number of ketones is 1. The number of hydrogen-bond donors (Lipinski definition) is 1. The number of esters is 1. The molecule has 132 valence electrons. The average molecular weight is 371 g/mol. The average Bonchev–Trinajstić information content (AvgIpc) is 3.30. The van der Waals surface area contributed by atoms with Crippen molar-refractivity contribution in [2.75, 3.05) is 11.9 Å². The summed E-state index contributed by atoms with van der Waals surface area (Å²) in [7, 11) is 0. The lowest BCUT2D eigenvalue weighted by atomic mass is 10.1. The second-order valence-electron chi connectivity index (χ2n) is 5.12. The van der Waals surface area contributed by atoms with Crippen LogP contribution in [0.4, 0.5) is 5.69 Å². The van der Waals surface area contributed by atoms with Crippen molar-refractivity contribution in [1.29, 1.82) is 0 Å². The molecular formula is C16H13N5O4S. The third-order valence-corrected chi connectivity index (χ3v) is 4.22. The number of carbonyl (C=O) groups excluding carboxylic acids is 3. The highest BCUT2D eigenvalue weighted by Crippen LogP contribution is 2.21. The normalized spacial score (nSPS) is 10.3. The summed E-state index contributed by atoms with van der Waals surface area (Å²) >= 11 is 1.15. The van der Waals surface area contributed by atoms with Crippen molar-refractivity contribution >= 4 is 34.7 Å². The van der Waals surface area contributed by atoms with E-state index in [4.69, 9.17) is 4.74 Å². The molecule has 26 heavy (non-hydrogen) atoms. The second kappa shape index (κ2) is 7.66. The third kappa shape index (κ3) is 3.81. The Balaban J connectivity index is 1.63. The molecular weight excluding hydrogens is 358 g/mol. The zero-order valence-electron chi connectivity index (χ0n) is 13.6. The maximum atomic E-state index is 12.2. The minimum Gasteiger partial charge on any atom is -0.451 e. The molecule has 0 aliphatic carbocycles. The summed E-state index contributed by atoms with van der Waals surface area (Å²) in [5.41, 5.74) is 1.21. The number of thiophene rings is 1. The quantitative estimate of drug-likeness (QED) is 0.518. The molecule has 0 bridgehead atoms. The molecule has 0 spiro atoms. The zero-order valence-corrected chi connectivity index (χ0v) is 14.4. The van der Waals surface area contributed by atoms with Crippen LogP contribution in [0.2, 0.25) is 0 Å². The smallest absolute Gasteiger partial charge is 0.351 e. The Morgan fingerprint density at radius 3 is 2.77 bits per heavy atom. The highest BCUT2D eigenvalue weighted by molar-refractivity contribution is 7.12. The molecule has 1 aromatic carbocycles. The van der Waals surface area contributed by atoms with E-state index < -0.39 is 18.5 Å². The molecule has 0 saturated heterocycles. The van der Waals surface area contributed by atoms with Gasteiger partial charge in [0.05, 0.1) is 11.4 Å². The molecule has 9 nitrogen and oxygen atoms in total. The van der Waals surface area contributed by atoms with Crippen molar-refractivity contribution in [1.82, 2.24) is 20.2 Å². The van der Waals surface area contributed by atoms with Crippen LogP contribution in [0.1, 0.15) is 27.0 Å². The first kappa shape index (κ1) is 17.4. The highest BCUT2D eigenvalue weighted by Gasteiger charge is 2.18. The maximum absolute atomic E-state index is 12.2. The predicted octanol–water partition coefficient (Wildman–Crippen LogP) is 1.72. The summed E-state index contributed by atoms with van der Waals surface area (Å²) in [6.07, 6.45) is 1.35. The van der Waals surface area contributed by atoms with Gasteiger partial charge in [-0.2, -0.15) is 4.68 Å². The van der Waals surface area contributed by atoms with Crippen LogP contribution >= 0.6 is 11.3 Å². The summed E-state index contributed by atoms with van der Waals surface area (Å²) in [5, 5.41) is 15.0. The Kier molecular flexibility index (Phi) is 5.13. The molecule has 0 radical (unpaired) electrons. The SMILES string of the molecule is CC(=O)c1ccccc1NC(=O)COC(=O)c1sccc1-n1cnnn1. The van der Waals surface area contributed by atoms with Gasteiger partial charge in [-0.05, 0) is 40.9 Å². The van der Waals surface area contributed by atoms with E-state index >= 15 is 0 Å². The molecule has 3 rings (SSSR count). The number of para-hydroxylation sites is 1. The van der Waals surface area contributed by atoms with Gasteiger partial charge in [0.25, 0.3) is 5.91 Å². The van der Waals surface area contributed by atoms with Crippen molar-refractivity contribution < 1.29 is 19.1 Å². The Labute approximate surface area is 151 Å². The van der Waals surface area contributed by atoms with Crippen molar-refractivity contribution in [2.45, 2.75) is 6.92 Å². The van der Waals surface area contributed by atoms with Gasteiger partial charge < -0.3 is 10.1 Å². The molecule has 1 N–H and O–H groups in total. The number of benzene rings is 1. The second-order valence-corrected chi connectivity index (χ2v) is 6.03. The summed E-state index contributed by atoms with van der Waals surface area (Å²) in [4.78, 5) is 36.1. The number of hydrogen-bond acceptors (Lipinski definition) is 8. The number of nitrogens with one attached hydrogen (secondary N) is 1. The summed E-state index contributed by atoms with van der Waals surface area (Å²) in [6, 6.07) is 8.27. The van der Waals surface area contributed by atoms with E-state index in [0.717, 1.165) is 11.3 Å². The number of tetrazole rings is 1. The van der Waals surface area contributed by atoms with Crippen molar-refractivity contribution in [3.05, 3.63) is 52.5 Å². The number of ether oxygens (including phenoxy) is 1. The topological polar surface area (TPSA) is 116 Å². The number of amides is 1. The number of nitrogens with zero attached hydrogens (tertiary/aromatic N) is 4. The van der Waals surface area contributed by atoms with E-state index in [1.807, 2.05) is 0 Å². The molecule has 0 aliphatic heterocycles. The van der Waals surface area contributed by atoms with Gasteiger partial charge in [0.2, 0.25) is 0 Å². The highest BCUT2D eigenvalue weighted by atomic mass is 32.1. The third-order valence-electron chi connectivity index (χ3n) is 3.34. The largest absolute Gasteiger partial charge is 0.451 e. The van der Waals surface area contributed by atoms with Crippen LogP contribution in [0.5, 0.6) is 0 Å². The Morgan fingerprint density at radius 2 is 2.04 bits per heavy atom. The maximum Gasteiger partial charge on any atom is 0.351 e. The summed E-state index contributed by atoms with van der Waals surface area (Å²) in [5.74, 6) is -1.39. The summed E-state index contributed by atoms with van der Waals surface area (Å²) in [6.45, 7) is 0.917. The molecule has 3 aromatic rings. The van der Waals surface area contributed by atoms with Gasteiger partial charge in [0, 0.05) is 5.56 Å². The Hall–Kier alpha value is -3.40. The van der Waals surface area contributed by atoms with E-state index in [2.05, 4.69) is 20.8 Å². The van der Waals surface area contributed by atoms with Crippen molar-refractivity contribution in [3.8, 4) is 5.69 Å². The number of rotatable bonds is 6. The van der Waals surface area contributed by atoms with Crippen LogP contribution in [0.25, 0.3) is 5.69 Å². The first-order chi connectivity index (χ1) is 12.6. The van der Waals surface area contributed by atoms with E-state index in [1.54, 1.807) is 35.7 Å². The molecule has 0 aliphatic rings. The predicted molar refractivity (Wildman–Crippen MR) is 92.4 cm³/mol. The molecule has 10 heteroatoms. The van der Waals surface area contributed by atoms with E-state index in [1.165, 1.54) is 17.9 Å².